The number of hydrogen-bond donors (Lipinski definition) is 1. The third kappa shape index (κ3) is 4.73. The Morgan fingerprint density at radius 1 is 1.24 bits per heavy atom. The van der Waals surface area contributed by atoms with E-state index in [4.69, 9.17) is 4.98 Å². The molecule has 29 heavy (non-hydrogen) atoms. The van der Waals surface area contributed by atoms with Crippen molar-refractivity contribution in [1.82, 2.24) is 9.55 Å². The summed E-state index contributed by atoms with van der Waals surface area (Å²) in [7, 11) is 0. The fourth-order valence-electron chi connectivity index (χ4n) is 3.20. The van der Waals surface area contributed by atoms with Crippen LogP contribution in [0.2, 0.25) is 0 Å². The fraction of sp³-hybridized carbons (Fsp3) is 0.409. The molecule has 0 atom stereocenters. The summed E-state index contributed by atoms with van der Waals surface area (Å²) in [5.74, 6) is 0.109. The van der Waals surface area contributed by atoms with Crippen LogP contribution < -0.4 is 10.9 Å². The van der Waals surface area contributed by atoms with Crippen molar-refractivity contribution in [3.05, 3.63) is 50.1 Å². The number of unbranched alkanes of at least 4 members (excludes halogenated alkanes) is 1. The van der Waals surface area contributed by atoms with Crippen LogP contribution >= 0.6 is 23.1 Å². The van der Waals surface area contributed by atoms with Crippen LogP contribution in [0.3, 0.4) is 0 Å². The Morgan fingerprint density at radius 3 is 2.69 bits per heavy atom. The second-order valence-corrected chi connectivity index (χ2v) is 9.47. The predicted octanol–water partition coefficient (Wildman–Crippen LogP) is 5.22. The van der Waals surface area contributed by atoms with E-state index in [0.717, 1.165) is 44.9 Å². The minimum absolute atomic E-state index is 0.00240. The molecule has 154 valence electrons. The van der Waals surface area contributed by atoms with Crippen LogP contribution in [-0.4, -0.2) is 21.2 Å². The SMILES string of the molecule is CCCCn1c(SCC(=O)Nc2ccc(C)cc2C)nc2sc(C)c(C)c2c1=O. The molecule has 0 unspecified atom stereocenters. The summed E-state index contributed by atoms with van der Waals surface area (Å²) in [5, 5.41) is 4.30. The van der Waals surface area contributed by atoms with E-state index in [1.54, 1.807) is 15.9 Å². The molecule has 1 aromatic carbocycles. The Kier molecular flexibility index (Phi) is 6.80. The van der Waals surface area contributed by atoms with Gasteiger partial charge in [0, 0.05) is 17.1 Å². The zero-order valence-corrected chi connectivity index (χ0v) is 19.2. The topological polar surface area (TPSA) is 64.0 Å². The van der Waals surface area contributed by atoms with Gasteiger partial charge in [0.1, 0.15) is 4.83 Å². The summed E-state index contributed by atoms with van der Waals surface area (Å²) in [6, 6.07) is 5.95. The molecule has 3 aromatic rings. The summed E-state index contributed by atoms with van der Waals surface area (Å²) in [6.45, 7) is 10.7. The third-order valence-electron chi connectivity index (χ3n) is 4.98. The average molecular weight is 430 g/mol. The average Bonchev–Trinajstić information content (AvgIpc) is 2.96. The molecule has 0 spiro atoms. The largest absolute Gasteiger partial charge is 0.325 e. The maximum atomic E-state index is 13.1. The van der Waals surface area contributed by atoms with Crippen LogP contribution in [-0.2, 0) is 11.3 Å². The fourth-order valence-corrected chi connectivity index (χ4v) is 5.10. The van der Waals surface area contributed by atoms with Crippen LogP contribution in [0.4, 0.5) is 5.69 Å². The number of aryl methyl sites for hydroxylation is 4. The zero-order valence-electron chi connectivity index (χ0n) is 17.6. The summed E-state index contributed by atoms with van der Waals surface area (Å²) >= 11 is 2.87. The van der Waals surface area contributed by atoms with Crippen LogP contribution in [0.1, 0.15) is 41.3 Å². The highest BCUT2D eigenvalue weighted by atomic mass is 32.2. The van der Waals surface area contributed by atoms with Crippen LogP contribution in [0.15, 0.2) is 28.2 Å². The number of aromatic nitrogens is 2. The van der Waals surface area contributed by atoms with Crippen LogP contribution in [0, 0.1) is 27.7 Å². The number of carbonyl (C=O) groups excluding carboxylic acids is 1. The molecule has 1 N–H and O–H groups in total. The van der Waals surface area contributed by atoms with Gasteiger partial charge in [0.05, 0.1) is 11.1 Å². The van der Waals surface area contributed by atoms with Crippen molar-refractivity contribution in [2.45, 2.75) is 59.2 Å². The van der Waals surface area contributed by atoms with Gasteiger partial charge in [-0.15, -0.1) is 11.3 Å². The van der Waals surface area contributed by atoms with E-state index in [9.17, 15) is 9.59 Å². The standard InChI is InChI=1S/C22H27N3O2S2/c1-6-7-10-25-21(27)19-15(4)16(5)29-20(19)24-22(25)28-12-18(26)23-17-9-8-13(2)11-14(17)3/h8-9,11H,6-7,10,12H2,1-5H3,(H,23,26). The maximum Gasteiger partial charge on any atom is 0.263 e. The van der Waals surface area contributed by atoms with Crippen molar-refractivity contribution in [2.75, 3.05) is 11.1 Å². The van der Waals surface area contributed by atoms with E-state index in [1.165, 1.54) is 11.8 Å². The number of carbonyl (C=O) groups is 1. The van der Waals surface area contributed by atoms with Gasteiger partial charge < -0.3 is 5.32 Å². The summed E-state index contributed by atoms with van der Waals surface area (Å²) in [4.78, 5) is 32.2. The number of thioether (sulfide) groups is 1. The first-order valence-electron chi connectivity index (χ1n) is 9.82. The number of fused-ring (bicyclic) bond motifs is 1. The zero-order chi connectivity index (χ0) is 21.1. The molecule has 0 bridgehead atoms. The Balaban J connectivity index is 1.84. The molecule has 1 amide bonds. The highest BCUT2D eigenvalue weighted by Gasteiger charge is 2.17. The number of thiophene rings is 1. The monoisotopic (exact) mass is 429 g/mol. The first-order chi connectivity index (χ1) is 13.8. The normalized spacial score (nSPS) is 11.2. The van der Waals surface area contributed by atoms with E-state index >= 15 is 0 Å². The van der Waals surface area contributed by atoms with E-state index in [0.29, 0.717) is 17.1 Å². The van der Waals surface area contributed by atoms with Crippen molar-refractivity contribution in [2.24, 2.45) is 0 Å². The number of rotatable bonds is 7. The lowest BCUT2D eigenvalue weighted by atomic mass is 10.1. The van der Waals surface area contributed by atoms with E-state index in [-0.39, 0.29) is 17.2 Å². The molecule has 7 heteroatoms. The molecule has 0 aliphatic carbocycles. The lowest BCUT2D eigenvalue weighted by Gasteiger charge is -2.12. The van der Waals surface area contributed by atoms with Gasteiger partial charge >= 0.3 is 0 Å². The first-order valence-corrected chi connectivity index (χ1v) is 11.6. The molecule has 0 aliphatic heterocycles. The van der Waals surface area contributed by atoms with Gasteiger partial charge in [-0.1, -0.05) is 42.8 Å². The molecule has 0 saturated heterocycles. The van der Waals surface area contributed by atoms with Crippen molar-refractivity contribution in [3.8, 4) is 0 Å². The summed E-state index contributed by atoms with van der Waals surface area (Å²) < 4.78 is 1.74. The lowest BCUT2D eigenvalue weighted by Crippen LogP contribution is -2.24. The number of nitrogens with zero attached hydrogens (tertiary/aromatic N) is 2. The van der Waals surface area contributed by atoms with Crippen molar-refractivity contribution < 1.29 is 4.79 Å². The van der Waals surface area contributed by atoms with Gasteiger partial charge in [0.25, 0.3) is 5.56 Å². The molecule has 0 radical (unpaired) electrons. The number of anilines is 1. The number of benzene rings is 1. The second kappa shape index (κ2) is 9.13. The molecular formula is C22H27N3O2S2. The van der Waals surface area contributed by atoms with Gasteiger partial charge in [0.15, 0.2) is 5.16 Å². The molecule has 5 nitrogen and oxygen atoms in total. The Hall–Kier alpha value is -2.12. The second-order valence-electron chi connectivity index (χ2n) is 7.32. The summed E-state index contributed by atoms with van der Waals surface area (Å²) in [5.41, 5.74) is 4.03. The Bertz CT molecular complexity index is 1120. The number of hydrogen-bond acceptors (Lipinski definition) is 5. The van der Waals surface area contributed by atoms with E-state index < -0.39 is 0 Å². The molecule has 2 heterocycles. The van der Waals surface area contributed by atoms with Crippen molar-refractivity contribution in [3.63, 3.8) is 0 Å². The van der Waals surface area contributed by atoms with Gasteiger partial charge in [-0.3, -0.25) is 14.2 Å². The Labute approximate surface area is 179 Å². The molecule has 0 saturated carbocycles. The number of amides is 1. The van der Waals surface area contributed by atoms with Crippen LogP contribution in [0.5, 0.6) is 0 Å². The highest BCUT2D eigenvalue weighted by molar-refractivity contribution is 7.99. The summed E-state index contributed by atoms with van der Waals surface area (Å²) in [6.07, 6.45) is 1.89. The van der Waals surface area contributed by atoms with E-state index in [2.05, 4.69) is 12.2 Å². The van der Waals surface area contributed by atoms with Crippen molar-refractivity contribution >= 4 is 44.9 Å². The molecule has 0 fully saturated rings. The predicted molar refractivity (Wildman–Crippen MR) is 124 cm³/mol. The highest BCUT2D eigenvalue weighted by Crippen LogP contribution is 2.28. The van der Waals surface area contributed by atoms with Gasteiger partial charge in [-0.25, -0.2) is 4.98 Å². The number of nitrogens with one attached hydrogen (secondary N) is 1. The lowest BCUT2D eigenvalue weighted by molar-refractivity contribution is -0.113. The maximum absolute atomic E-state index is 13.1. The van der Waals surface area contributed by atoms with E-state index in [1.807, 2.05) is 45.9 Å². The van der Waals surface area contributed by atoms with Gasteiger partial charge in [-0.05, 0) is 51.3 Å². The Morgan fingerprint density at radius 2 is 2.00 bits per heavy atom. The molecule has 3 rings (SSSR count). The van der Waals surface area contributed by atoms with Gasteiger partial charge in [-0.2, -0.15) is 0 Å². The third-order valence-corrected chi connectivity index (χ3v) is 7.06. The molecular weight excluding hydrogens is 402 g/mol. The smallest absolute Gasteiger partial charge is 0.263 e. The van der Waals surface area contributed by atoms with Gasteiger partial charge in [0.2, 0.25) is 5.91 Å². The minimum Gasteiger partial charge on any atom is -0.325 e. The molecule has 0 aliphatic rings. The first kappa shape index (κ1) is 21.6. The minimum atomic E-state index is -0.100. The quantitative estimate of drug-likeness (QED) is 0.413. The molecule has 2 aromatic heterocycles. The van der Waals surface area contributed by atoms with Crippen molar-refractivity contribution in [1.29, 1.82) is 0 Å². The van der Waals surface area contributed by atoms with Crippen LogP contribution in [0.25, 0.3) is 10.2 Å².